The molecule has 0 radical (unpaired) electrons. The van der Waals surface area contributed by atoms with Crippen molar-refractivity contribution in [2.24, 2.45) is 11.3 Å². The van der Waals surface area contributed by atoms with Gasteiger partial charge in [0, 0.05) is 30.5 Å². The van der Waals surface area contributed by atoms with E-state index in [0.29, 0.717) is 12.0 Å². The number of rotatable bonds is 7. The van der Waals surface area contributed by atoms with Crippen molar-refractivity contribution in [3.63, 3.8) is 0 Å². The van der Waals surface area contributed by atoms with Gasteiger partial charge in [-0.25, -0.2) is 0 Å². The van der Waals surface area contributed by atoms with Crippen LogP contribution in [0.15, 0.2) is 0 Å². The van der Waals surface area contributed by atoms with Crippen LogP contribution < -0.4 is 5.32 Å². The first-order valence-electron chi connectivity index (χ1n) is 6.38. The molecule has 0 saturated carbocycles. The van der Waals surface area contributed by atoms with Crippen molar-refractivity contribution in [3.05, 3.63) is 0 Å². The van der Waals surface area contributed by atoms with Gasteiger partial charge in [-0.15, -0.1) is 0 Å². The Morgan fingerprint density at radius 2 is 2.19 bits per heavy atom. The van der Waals surface area contributed by atoms with Gasteiger partial charge in [-0.2, -0.15) is 0 Å². The van der Waals surface area contributed by atoms with E-state index in [0.717, 1.165) is 39.4 Å². The summed E-state index contributed by atoms with van der Waals surface area (Å²) in [5.41, 5.74) is 0.212. The van der Waals surface area contributed by atoms with Gasteiger partial charge in [-0.1, -0.05) is 27.7 Å². The quantitative estimate of drug-likeness (QED) is 0.725. The van der Waals surface area contributed by atoms with Gasteiger partial charge in [0.05, 0.1) is 19.8 Å². The van der Waals surface area contributed by atoms with Crippen LogP contribution in [0.1, 0.15) is 34.1 Å². The zero-order valence-corrected chi connectivity index (χ0v) is 11.2. The summed E-state index contributed by atoms with van der Waals surface area (Å²) >= 11 is 0. The minimum absolute atomic E-state index is 0.212. The van der Waals surface area contributed by atoms with Gasteiger partial charge in [-0.05, 0) is 6.42 Å². The lowest BCUT2D eigenvalue weighted by molar-refractivity contribution is 0.0365. The third kappa shape index (κ3) is 5.83. The maximum Gasteiger partial charge on any atom is 0.0529 e. The molecule has 16 heavy (non-hydrogen) atoms. The van der Waals surface area contributed by atoms with E-state index in [1.165, 1.54) is 0 Å². The molecule has 0 aromatic rings. The maximum atomic E-state index is 5.79. The van der Waals surface area contributed by atoms with Crippen molar-refractivity contribution in [1.29, 1.82) is 0 Å². The Balaban J connectivity index is 2.09. The molecule has 0 aromatic carbocycles. The minimum atomic E-state index is 0.212. The Morgan fingerprint density at radius 1 is 1.44 bits per heavy atom. The fourth-order valence-electron chi connectivity index (χ4n) is 1.75. The first-order valence-corrected chi connectivity index (χ1v) is 6.38. The first kappa shape index (κ1) is 13.9. The van der Waals surface area contributed by atoms with Crippen molar-refractivity contribution in [1.82, 2.24) is 5.32 Å². The molecule has 1 aliphatic heterocycles. The number of nitrogens with one attached hydrogen (secondary N) is 1. The fourth-order valence-corrected chi connectivity index (χ4v) is 1.75. The molecule has 1 rings (SSSR count). The lowest BCUT2D eigenvalue weighted by atomic mass is 9.94. The molecule has 0 aromatic heterocycles. The summed E-state index contributed by atoms with van der Waals surface area (Å²) in [7, 11) is 0. The summed E-state index contributed by atoms with van der Waals surface area (Å²) in [4.78, 5) is 0. The highest BCUT2D eigenvalue weighted by Gasteiger charge is 2.21. The normalized spacial score (nSPS) is 21.9. The maximum absolute atomic E-state index is 5.79. The van der Waals surface area contributed by atoms with Gasteiger partial charge in [0.25, 0.3) is 0 Å². The van der Waals surface area contributed by atoms with E-state index >= 15 is 0 Å². The van der Waals surface area contributed by atoms with Crippen LogP contribution >= 0.6 is 0 Å². The summed E-state index contributed by atoms with van der Waals surface area (Å²) in [5.74, 6) is 0.619. The Bertz CT molecular complexity index is 186. The largest absolute Gasteiger partial charge is 0.381 e. The van der Waals surface area contributed by atoms with Gasteiger partial charge in [0.2, 0.25) is 0 Å². The Morgan fingerprint density at radius 3 is 2.75 bits per heavy atom. The molecule has 0 spiro atoms. The Labute approximate surface area is 99.9 Å². The molecular weight excluding hydrogens is 202 g/mol. The van der Waals surface area contributed by atoms with E-state index in [-0.39, 0.29) is 5.41 Å². The van der Waals surface area contributed by atoms with E-state index in [1.807, 2.05) is 0 Å². The van der Waals surface area contributed by atoms with E-state index < -0.39 is 0 Å². The first-order chi connectivity index (χ1) is 7.49. The molecule has 3 heteroatoms. The van der Waals surface area contributed by atoms with Gasteiger partial charge < -0.3 is 14.8 Å². The zero-order valence-electron chi connectivity index (χ0n) is 11.2. The second kappa shape index (κ2) is 6.58. The van der Waals surface area contributed by atoms with Crippen LogP contribution in [-0.2, 0) is 9.47 Å². The van der Waals surface area contributed by atoms with Crippen molar-refractivity contribution >= 4 is 0 Å². The van der Waals surface area contributed by atoms with Crippen LogP contribution in [-0.4, -0.2) is 39.0 Å². The third-order valence-electron chi connectivity index (χ3n) is 2.86. The monoisotopic (exact) mass is 229 g/mol. The topological polar surface area (TPSA) is 30.5 Å². The molecule has 1 unspecified atom stereocenters. The summed E-state index contributed by atoms with van der Waals surface area (Å²) in [6.45, 7) is 13.3. The van der Waals surface area contributed by atoms with Crippen LogP contribution in [0.25, 0.3) is 0 Å². The van der Waals surface area contributed by atoms with Crippen LogP contribution in [0.2, 0.25) is 0 Å². The highest BCUT2D eigenvalue weighted by molar-refractivity contribution is 4.73. The van der Waals surface area contributed by atoms with Crippen molar-refractivity contribution < 1.29 is 9.47 Å². The van der Waals surface area contributed by atoms with E-state index in [9.17, 15) is 0 Å². The number of ether oxygens (including phenoxy) is 2. The van der Waals surface area contributed by atoms with E-state index in [2.05, 4.69) is 33.0 Å². The molecule has 3 nitrogen and oxygen atoms in total. The zero-order chi connectivity index (χ0) is 12.0. The minimum Gasteiger partial charge on any atom is -0.381 e. The summed E-state index contributed by atoms with van der Waals surface area (Å²) in [6.07, 6.45) is 1.16. The second-order valence-corrected chi connectivity index (χ2v) is 5.94. The SMILES string of the molecule is CC(C)NCC(C)(C)COCC1CCOC1. The summed E-state index contributed by atoms with van der Waals surface area (Å²) in [6, 6.07) is 0.544. The number of hydrogen-bond donors (Lipinski definition) is 1. The number of hydrogen-bond acceptors (Lipinski definition) is 3. The van der Waals surface area contributed by atoms with Gasteiger partial charge in [0.15, 0.2) is 0 Å². The van der Waals surface area contributed by atoms with Gasteiger partial charge in [0.1, 0.15) is 0 Å². The second-order valence-electron chi connectivity index (χ2n) is 5.94. The third-order valence-corrected chi connectivity index (χ3v) is 2.86. The van der Waals surface area contributed by atoms with Crippen LogP contribution in [0, 0.1) is 11.3 Å². The molecule has 1 N–H and O–H groups in total. The molecule has 1 heterocycles. The van der Waals surface area contributed by atoms with Gasteiger partial charge >= 0.3 is 0 Å². The van der Waals surface area contributed by atoms with Crippen LogP contribution in [0.5, 0.6) is 0 Å². The standard InChI is InChI=1S/C13H27NO2/c1-11(2)14-9-13(3,4)10-16-8-12-5-6-15-7-12/h11-12,14H,5-10H2,1-4H3. The summed E-state index contributed by atoms with van der Waals surface area (Å²) in [5, 5.41) is 3.46. The molecule has 1 aliphatic rings. The Hall–Kier alpha value is -0.120. The van der Waals surface area contributed by atoms with Crippen LogP contribution in [0.4, 0.5) is 0 Å². The predicted molar refractivity (Wildman–Crippen MR) is 66.7 cm³/mol. The average Bonchev–Trinajstić information content (AvgIpc) is 2.68. The average molecular weight is 229 g/mol. The Kier molecular flexibility index (Phi) is 5.73. The molecule has 0 bridgehead atoms. The predicted octanol–water partition coefficient (Wildman–Crippen LogP) is 2.06. The molecule has 0 aliphatic carbocycles. The lowest BCUT2D eigenvalue weighted by Gasteiger charge is -2.26. The van der Waals surface area contributed by atoms with Gasteiger partial charge in [-0.3, -0.25) is 0 Å². The molecular formula is C13H27NO2. The lowest BCUT2D eigenvalue weighted by Crippen LogP contribution is -2.37. The molecule has 0 amide bonds. The van der Waals surface area contributed by atoms with Crippen LogP contribution in [0.3, 0.4) is 0 Å². The van der Waals surface area contributed by atoms with Crippen molar-refractivity contribution in [2.45, 2.75) is 40.2 Å². The van der Waals surface area contributed by atoms with E-state index in [4.69, 9.17) is 9.47 Å². The molecule has 1 atom stereocenters. The summed E-state index contributed by atoms with van der Waals surface area (Å²) < 4.78 is 11.1. The fraction of sp³-hybridized carbons (Fsp3) is 1.00. The highest BCUT2D eigenvalue weighted by Crippen LogP contribution is 2.17. The smallest absolute Gasteiger partial charge is 0.0529 e. The molecule has 96 valence electrons. The highest BCUT2D eigenvalue weighted by atomic mass is 16.5. The molecule has 1 fully saturated rings. The van der Waals surface area contributed by atoms with Crippen molar-refractivity contribution in [2.75, 3.05) is 33.0 Å². The van der Waals surface area contributed by atoms with E-state index in [1.54, 1.807) is 0 Å². The molecule has 1 saturated heterocycles. The van der Waals surface area contributed by atoms with Crippen molar-refractivity contribution in [3.8, 4) is 0 Å².